The highest BCUT2D eigenvalue weighted by molar-refractivity contribution is 6.35. The first kappa shape index (κ1) is 10.4. The minimum absolute atomic E-state index is 0.172. The molecule has 70 valence electrons. The van der Waals surface area contributed by atoms with Crippen LogP contribution >= 0.6 is 23.2 Å². The lowest BCUT2D eigenvalue weighted by molar-refractivity contribution is 0.463. The first-order valence-corrected chi connectivity index (χ1v) is 4.80. The Morgan fingerprint density at radius 2 is 2.00 bits per heavy atom. The second-order valence-corrected chi connectivity index (χ2v) is 3.10. The first-order valence-electron chi connectivity index (χ1n) is 3.99. The van der Waals surface area contributed by atoms with Crippen molar-refractivity contribution in [2.45, 2.75) is 13.3 Å². The van der Waals surface area contributed by atoms with Crippen molar-refractivity contribution in [2.24, 2.45) is 0 Å². The maximum Gasteiger partial charge on any atom is 0.205 e. The molecule has 0 saturated carbocycles. The van der Waals surface area contributed by atoms with Gasteiger partial charge in [0.2, 0.25) is 5.22 Å². The van der Waals surface area contributed by atoms with Crippen LogP contribution in [0.15, 0.2) is 35.0 Å². The molecule has 13 heavy (non-hydrogen) atoms. The zero-order valence-electron chi connectivity index (χ0n) is 7.26. The van der Waals surface area contributed by atoms with Gasteiger partial charge in [-0.15, -0.1) is 0 Å². The van der Waals surface area contributed by atoms with Crippen LogP contribution in [-0.2, 0) is 6.42 Å². The maximum absolute atomic E-state index is 5.58. The van der Waals surface area contributed by atoms with Gasteiger partial charge in [-0.2, -0.15) is 0 Å². The van der Waals surface area contributed by atoms with E-state index >= 15 is 0 Å². The fourth-order valence-electron chi connectivity index (χ4n) is 0.928. The van der Waals surface area contributed by atoms with Gasteiger partial charge in [0.25, 0.3) is 0 Å². The van der Waals surface area contributed by atoms with Crippen LogP contribution in [0.25, 0.3) is 0 Å². The molecule has 0 fully saturated rings. The van der Waals surface area contributed by atoms with E-state index in [0.29, 0.717) is 5.75 Å². The highest BCUT2D eigenvalue weighted by Crippen LogP contribution is 2.17. The number of aryl methyl sites for hydroxylation is 1. The Labute approximate surface area is 87.9 Å². The van der Waals surface area contributed by atoms with E-state index in [-0.39, 0.29) is 5.22 Å². The molecule has 0 aromatic heterocycles. The Balaban J connectivity index is 2.69. The third kappa shape index (κ3) is 3.29. The van der Waals surface area contributed by atoms with Crippen molar-refractivity contribution < 1.29 is 4.74 Å². The number of halogens is 2. The summed E-state index contributed by atoms with van der Waals surface area (Å²) in [5.74, 6) is 0.694. The molecule has 0 spiro atoms. The summed E-state index contributed by atoms with van der Waals surface area (Å²) < 4.78 is 5.16. The minimum Gasteiger partial charge on any atom is -0.444 e. The first-order chi connectivity index (χ1) is 6.26. The second-order valence-electron chi connectivity index (χ2n) is 2.51. The molecule has 0 aliphatic rings. The summed E-state index contributed by atoms with van der Waals surface area (Å²) in [4.78, 5) is 0. The number of benzene rings is 1. The SMILES string of the molecule is CCc1ccc(O/C(Cl)=C\Cl)cc1. The normalized spacial score (nSPS) is 11.5. The quantitative estimate of drug-likeness (QED) is 0.697. The summed E-state index contributed by atoms with van der Waals surface area (Å²) >= 11 is 10.9. The molecular formula is C10H10Cl2O. The predicted octanol–water partition coefficient (Wildman–Crippen LogP) is 3.90. The summed E-state index contributed by atoms with van der Waals surface area (Å²) in [6.45, 7) is 2.10. The molecule has 0 atom stereocenters. The van der Waals surface area contributed by atoms with Gasteiger partial charge in [0.15, 0.2) is 0 Å². The minimum atomic E-state index is 0.172. The molecular weight excluding hydrogens is 207 g/mol. The van der Waals surface area contributed by atoms with Gasteiger partial charge in [0.1, 0.15) is 5.75 Å². The van der Waals surface area contributed by atoms with Gasteiger partial charge in [0, 0.05) is 0 Å². The summed E-state index contributed by atoms with van der Waals surface area (Å²) in [5.41, 5.74) is 2.45. The zero-order valence-corrected chi connectivity index (χ0v) is 8.77. The van der Waals surface area contributed by atoms with E-state index in [9.17, 15) is 0 Å². The van der Waals surface area contributed by atoms with Crippen LogP contribution in [0.2, 0.25) is 0 Å². The molecule has 0 N–H and O–H groups in total. The van der Waals surface area contributed by atoms with Gasteiger partial charge in [-0.05, 0) is 35.7 Å². The maximum atomic E-state index is 5.58. The third-order valence-corrected chi connectivity index (χ3v) is 2.13. The zero-order chi connectivity index (χ0) is 9.68. The topological polar surface area (TPSA) is 9.23 Å². The monoisotopic (exact) mass is 216 g/mol. The highest BCUT2D eigenvalue weighted by Gasteiger charge is 1.96. The van der Waals surface area contributed by atoms with Crippen LogP contribution in [0.4, 0.5) is 0 Å². The molecule has 0 saturated heterocycles. The van der Waals surface area contributed by atoms with Crippen molar-refractivity contribution in [1.82, 2.24) is 0 Å². The summed E-state index contributed by atoms with van der Waals surface area (Å²) in [7, 11) is 0. The smallest absolute Gasteiger partial charge is 0.205 e. The molecule has 0 aliphatic carbocycles. The van der Waals surface area contributed by atoms with Crippen LogP contribution in [0.3, 0.4) is 0 Å². The summed E-state index contributed by atoms with van der Waals surface area (Å²) in [5, 5.41) is 0.172. The van der Waals surface area contributed by atoms with E-state index in [4.69, 9.17) is 27.9 Å². The van der Waals surface area contributed by atoms with Crippen LogP contribution in [0, 0.1) is 0 Å². The van der Waals surface area contributed by atoms with Crippen LogP contribution in [-0.4, -0.2) is 0 Å². The lowest BCUT2D eigenvalue weighted by atomic mass is 10.2. The average Bonchev–Trinajstić information content (AvgIpc) is 2.19. The van der Waals surface area contributed by atoms with E-state index in [1.165, 1.54) is 11.1 Å². The largest absolute Gasteiger partial charge is 0.444 e. The van der Waals surface area contributed by atoms with E-state index in [1.54, 1.807) is 0 Å². The number of hydrogen-bond acceptors (Lipinski definition) is 1. The molecule has 1 rings (SSSR count). The van der Waals surface area contributed by atoms with Crippen LogP contribution < -0.4 is 4.74 Å². The van der Waals surface area contributed by atoms with Gasteiger partial charge in [-0.25, -0.2) is 0 Å². The van der Waals surface area contributed by atoms with E-state index in [0.717, 1.165) is 6.42 Å². The molecule has 0 heterocycles. The lowest BCUT2D eigenvalue weighted by Gasteiger charge is -2.03. The lowest BCUT2D eigenvalue weighted by Crippen LogP contribution is -1.87. The molecule has 0 aliphatic heterocycles. The average molecular weight is 217 g/mol. The molecule has 0 bridgehead atoms. The third-order valence-electron chi connectivity index (χ3n) is 1.63. The van der Waals surface area contributed by atoms with Crippen molar-refractivity contribution in [3.05, 3.63) is 40.6 Å². The number of ether oxygens (including phenoxy) is 1. The highest BCUT2D eigenvalue weighted by atomic mass is 35.5. The van der Waals surface area contributed by atoms with Gasteiger partial charge in [-0.3, -0.25) is 0 Å². The van der Waals surface area contributed by atoms with E-state index in [1.807, 2.05) is 24.3 Å². The number of hydrogen-bond donors (Lipinski definition) is 0. The molecule has 0 radical (unpaired) electrons. The fraction of sp³-hybridized carbons (Fsp3) is 0.200. The fourth-order valence-corrected chi connectivity index (χ4v) is 1.06. The van der Waals surface area contributed by atoms with Crippen molar-refractivity contribution in [3.8, 4) is 5.75 Å². The Morgan fingerprint density at radius 3 is 2.46 bits per heavy atom. The Morgan fingerprint density at radius 1 is 1.38 bits per heavy atom. The molecule has 1 aromatic rings. The predicted molar refractivity (Wildman–Crippen MR) is 56.2 cm³/mol. The molecule has 3 heteroatoms. The van der Waals surface area contributed by atoms with Crippen LogP contribution in [0.1, 0.15) is 12.5 Å². The van der Waals surface area contributed by atoms with Crippen molar-refractivity contribution in [1.29, 1.82) is 0 Å². The standard InChI is InChI=1S/C10H10Cl2O/c1-2-8-3-5-9(6-4-8)13-10(12)7-11/h3-7H,2H2,1H3/b10-7-. The van der Waals surface area contributed by atoms with E-state index in [2.05, 4.69) is 6.92 Å². The van der Waals surface area contributed by atoms with Crippen molar-refractivity contribution in [2.75, 3.05) is 0 Å². The molecule has 0 amide bonds. The van der Waals surface area contributed by atoms with Crippen LogP contribution in [0.5, 0.6) is 5.75 Å². The Hall–Kier alpha value is -0.660. The van der Waals surface area contributed by atoms with Crippen molar-refractivity contribution >= 4 is 23.2 Å². The molecule has 0 unspecified atom stereocenters. The second kappa shape index (κ2) is 5.15. The van der Waals surface area contributed by atoms with Gasteiger partial charge < -0.3 is 4.74 Å². The molecule has 1 nitrogen and oxygen atoms in total. The number of rotatable bonds is 3. The van der Waals surface area contributed by atoms with E-state index < -0.39 is 0 Å². The summed E-state index contributed by atoms with van der Waals surface area (Å²) in [6.07, 6.45) is 1.01. The Bertz CT molecular complexity index is 290. The van der Waals surface area contributed by atoms with Gasteiger partial charge >= 0.3 is 0 Å². The molecule has 1 aromatic carbocycles. The summed E-state index contributed by atoms with van der Waals surface area (Å²) in [6, 6.07) is 7.71. The Kier molecular flexibility index (Phi) is 4.13. The van der Waals surface area contributed by atoms with Gasteiger partial charge in [0.05, 0.1) is 5.54 Å². The van der Waals surface area contributed by atoms with Crippen molar-refractivity contribution in [3.63, 3.8) is 0 Å². The van der Waals surface area contributed by atoms with Gasteiger partial charge in [-0.1, -0.05) is 30.7 Å².